The molecular weight excluding hydrogens is 406 g/mol. The molecule has 3 aromatic rings. The number of primary amides is 1. The van der Waals surface area contributed by atoms with E-state index in [1.807, 2.05) is 54.6 Å². The zero-order chi connectivity index (χ0) is 22.9. The molecule has 32 heavy (non-hydrogen) atoms. The number of rotatable bonds is 10. The maximum Gasteiger partial charge on any atom is 0.255 e. The molecule has 0 aliphatic carbocycles. The molecule has 0 bridgehead atoms. The first-order valence-electron chi connectivity index (χ1n) is 10.3. The van der Waals surface area contributed by atoms with Crippen molar-refractivity contribution in [2.45, 2.75) is 18.6 Å². The van der Waals surface area contributed by atoms with E-state index in [4.69, 9.17) is 10.5 Å². The Morgan fingerprint density at radius 2 is 1.72 bits per heavy atom. The fourth-order valence-corrected chi connectivity index (χ4v) is 3.39. The van der Waals surface area contributed by atoms with Gasteiger partial charge in [-0.2, -0.15) is 0 Å². The number of methoxy groups -OCH3 is 1. The van der Waals surface area contributed by atoms with Gasteiger partial charge in [-0.15, -0.1) is 0 Å². The van der Waals surface area contributed by atoms with Crippen LogP contribution >= 0.6 is 0 Å². The third-order valence-electron chi connectivity index (χ3n) is 5.09. The normalized spacial score (nSPS) is 12.5. The van der Waals surface area contributed by atoms with E-state index in [1.165, 1.54) is 6.07 Å². The van der Waals surface area contributed by atoms with Crippen LogP contribution in [0.3, 0.4) is 0 Å². The third kappa shape index (κ3) is 6.09. The summed E-state index contributed by atoms with van der Waals surface area (Å²) in [6.07, 6.45) is 0.265. The number of nitrogens with one attached hydrogen (secondary N) is 2. The summed E-state index contributed by atoms with van der Waals surface area (Å²) in [7, 11) is 1.58. The lowest BCUT2D eigenvalue weighted by molar-refractivity contribution is -0.118. The highest BCUT2D eigenvalue weighted by Crippen LogP contribution is 2.21. The van der Waals surface area contributed by atoms with Gasteiger partial charge in [0.05, 0.1) is 11.7 Å². The number of phenolic OH excluding ortho intramolecular Hbond substituents is 1. The molecule has 0 saturated heterocycles. The van der Waals surface area contributed by atoms with Crippen molar-refractivity contribution in [2.24, 2.45) is 5.73 Å². The molecule has 0 aliphatic heterocycles. The number of para-hydroxylation sites is 1. The first-order valence-corrected chi connectivity index (χ1v) is 10.3. The van der Waals surface area contributed by atoms with Gasteiger partial charge in [-0.05, 0) is 35.4 Å². The molecule has 3 aromatic carbocycles. The quantitative estimate of drug-likeness (QED) is 0.393. The average molecular weight is 434 g/mol. The Morgan fingerprint density at radius 3 is 2.41 bits per heavy atom. The molecule has 2 amide bonds. The molecule has 166 valence electrons. The molecule has 0 radical (unpaired) electrons. The summed E-state index contributed by atoms with van der Waals surface area (Å²) in [5.41, 5.74) is 8.32. The van der Waals surface area contributed by atoms with Crippen molar-refractivity contribution in [3.63, 3.8) is 0 Å². The summed E-state index contributed by atoms with van der Waals surface area (Å²) in [6.45, 7) is 0.273. The van der Waals surface area contributed by atoms with Gasteiger partial charge in [0.2, 0.25) is 5.91 Å². The number of ether oxygens (including phenoxy) is 1. The SMILES string of the molecule is COC(CNC(=O)c1ccccc1O)Cc1cccc(NC(C(N)=O)c2ccccc2)c1. The van der Waals surface area contributed by atoms with Gasteiger partial charge in [0.1, 0.15) is 11.8 Å². The molecule has 0 aromatic heterocycles. The first-order chi connectivity index (χ1) is 15.5. The molecule has 0 spiro atoms. The number of carbonyl (C=O) groups is 2. The zero-order valence-electron chi connectivity index (χ0n) is 17.8. The molecule has 7 heteroatoms. The summed E-state index contributed by atoms with van der Waals surface area (Å²) in [4.78, 5) is 24.3. The standard InChI is InChI=1S/C25H27N3O4/c1-32-20(16-27-25(31)21-12-5-6-13-22(21)29)15-17-8-7-11-19(14-17)28-23(24(26)30)18-9-3-2-4-10-18/h2-14,20,23,28-29H,15-16H2,1H3,(H2,26,30)(H,27,31). The fraction of sp³-hybridized carbons (Fsp3) is 0.200. The minimum atomic E-state index is -0.650. The van der Waals surface area contributed by atoms with Crippen molar-refractivity contribution in [2.75, 3.05) is 19.0 Å². The summed E-state index contributed by atoms with van der Waals surface area (Å²) in [6, 6.07) is 22.6. The van der Waals surface area contributed by atoms with Gasteiger partial charge in [-0.3, -0.25) is 9.59 Å². The molecule has 0 aliphatic rings. The van der Waals surface area contributed by atoms with Crippen LogP contribution in [0, 0.1) is 0 Å². The summed E-state index contributed by atoms with van der Waals surface area (Å²) in [5, 5.41) is 15.8. The maximum absolute atomic E-state index is 12.3. The highest BCUT2D eigenvalue weighted by molar-refractivity contribution is 5.96. The van der Waals surface area contributed by atoms with Crippen LogP contribution in [-0.4, -0.2) is 36.7 Å². The molecule has 7 nitrogen and oxygen atoms in total. The number of hydrogen-bond acceptors (Lipinski definition) is 5. The van der Waals surface area contributed by atoms with Crippen LogP contribution in [-0.2, 0) is 16.0 Å². The van der Waals surface area contributed by atoms with Crippen molar-refractivity contribution >= 4 is 17.5 Å². The molecule has 0 saturated carbocycles. The fourth-order valence-electron chi connectivity index (χ4n) is 3.39. The lowest BCUT2D eigenvalue weighted by atomic mass is 10.0. The second-order valence-electron chi connectivity index (χ2n) is 7.38. The number of anilines is 1. The van der Waals surface area contributed by atoms with Crippen LogP contribution in [0.2, 0.25) is 0 Å². The molecular formula is C25H27N3O4. The van der Waals surface area contributed by atoms with Gasteiger partial charge < -0.3 is 26.2 Å². The van der Waals surface area contributed by atoms with E-state index in [0.717, 1.165) is 16.8 Å². The number of phenols is 1. The van der Waals surface area contributed by atoms with Crippen LogP contribution < -0.4 is 16.4 Å². The molecule has 2 unspecified atom stereocenters. The van der Waals surface area contributed by atoms with Crippen LogP contribution in [0.5, 0.6) is 5.75 Å². The predicted octanol–water partition coefficient (Wildman–Crippen LogP) is 3.02. The molecule has 0 fully saturated rings. The lowest BCUT2D eigenvalue weighted by Gasteiger charge is -2.19. The van der Waals surface area contributed by atoms with E-state index in [1.54, 1.807) is 25.3 Å². The Labute approximate surface area is 187 Å². The van der Waals surface area contributed by atoms with E-state index in [-0.39, 0.29) is 29.9 Å². The number of aromatic hydroxyl groups is 1. The highest BCUT2D eigenvalue weighted by Gasteiger charge is 2.18. The van der Waals surface area contributed by atoms with Gasteiger partial charge in [-0.1, -0.05) is 54.6 Å². The number of hydrogen-bond donors (Lipinski definition) is 4. The van der Waals surface area contributed by atoms with Gasteiger partial charge in [0.15, 0.2) is 0 Å². The summed E-state index contributed by atoms with van der Waals surface area (Å²) in [5.74, 6) is -0.906. The Morgan fingerprint density at radius 1 is 1.00 bits per heavy atom. The largest absolute Gasteiger partial charge is 0.507 e. The Bertz CT molecular complexity index is 1060. The lowest BCUT2D eigenvalue weighted by Crippen LogP contribution is -2.34. The Kier molecular flexibility index (Phi) is 7.83. The number of nitrogens with two attached hydrogens (primary N) is 1. The highest BCUT2D eigenvalue weighted by atomic mass is 16.5. The number of amides is 2. The topological polar surface area (TPSA) is 114 Å². The van der Waals surface area contributed by atoms with Crippen molar-refractivity contribution in [1.29, 1.82) is 0 Å². The minimum Gasteiger partial charge on any atom is -0.507 e. The van der Waals surface area contributed by atoms with Crippen molar-refractivity contribution < 1.29 is 19.4 Å². The molecule has 3 rings (SSSR count). The van der Waals surface area contributed by atoms with Crippen LogP contribution in [0.15, 0.2) is 78.9 Å². The second-order valence-corrected chi connectivity index (χ2v) is 7.38. The van der Waals surface area contributed by atoms with E-state index >= 15 is 0 Å². The van der Waals surface area contributed by atoms with E-state index < -0.39 is 11.9 Å². The number of carbonyl (C=O) groups excluding carboxylic acids is 2. The Balaban J connectivity index is 1.64. The molecule has 2 atom stereocenters. The first kappa shape index (κ1) is 22.8. The predicted molar refractivity (Wildman–Crippen MR) is 123 cm³/mol. The zero-order valence-corrected chi connectivity index (χ0v) is 17.8. The van der Waals surface area contributed by atoms with Gasteiger partial charge in [-0.25, -0.2) is 0 Å². The third-order valence-corrected chi connectivity index (χ3v) is 5.09. The van der Waals surface area contributed by atoms with E-state index in [0.29, 0.717) is 6.42 Å². The smallest absolute Gasteiger partial charge is 0.255 e. The Hall–Kier alpha value is -3.84. The van der Waals surface area contributed by atoms with Crippen molar-refractivity contribution in [3.8, 4) is 5.75 Å². The van der Waals surface area contributed by atoms with Gasteiger partial charge in [0, 0.05) is 25.8 Å². The van der Waals surface area contributed by atoms with Crippen LogP contribution in [0.1, 0.15) is 27.5 Å². The average Bonchev–Trinajstić information content (AvgIpc) is 2.81. The second kappa shape index (κ2) is 11.0. The van der Waals surface area contributed by atoms with Crippen LogP contribution in [0.25, 0.3) is 0 Å². The van der Waals surface area contributed by atoms with Gasteiger partial charge >= 0.3 is 0 Å². The van der Waals surface area contributed by atoms with Crippen LogP contribution in [0.4, 0.5) is 5.69 Å². The van der Waals surface area contributed by atoms with E-state index in [2.05, 4.69) is 10.6 Å². The maximum atomic E-state index is 12.3. The molecule has 0 heterocycles. The molecule has 5 N–H and O–H groups in total. The number of benzene rings is 3. The van der Waals surface area contributed by atoms with Gasteiger partial charge in [0.25, 0.3) is 5.91 Å². The van der Waals surface area contributed by atoms with Crippen molar-refractivity contribution in [1.82, 2.24) is 5.32 Å². The monoisotopic (exact) mass is 433 g/mol. The minimum absolute atomic E-state index is 0.0693. The van der Waals surface area contributed by atoms with E-state index in [9.17, 15) is 14.7 Å². The summed E-state index contributed by atoms with van der Waals surface area (Å²) < 4.78 is 5.53. The van der Waals surface area contributed by atoms with Crippen molar-refractivity contribution in [3.05, 3.63) is 95.6 Å². The summed E-state index contributed by atoms with van der Waals surface area (Å²) >= 11 is 0.